The second-order valence-electron chi connectivity index (χ2n) is 5.53. The fraction of sp³-hybridized carbons (Fsp3) is 0.375. The summed E-state index contributed by atoms with van der Waals surface area (Å²) in [5.41, 5.74) is 2.58. The van der Waals surface area contributed by atoms with Crippen LogP contribution in [0.4, 0.5) is 0 Å². The Balaban J connectivity index is 1.82. The lowest BCUT2D eigenvalue weighted by atomic mass is 10.1. The fourth-order valence-corrected chi connectivity index (χ4v) is 2.84. The Kier molecular flexibility index (Phi) is 3.85. The monoisotopic (exact) mass is 301 g/mol. The maximum atomic E-state index is 12.1. The number of hydrogen-bond donors (Lipinski definition) is 2. The summed E-state index contributed by atoms with van der Waals surface area (Å²) in [7, 11) is 1.58. The lowest BCUT2D eigenvalue weighted by Gasteiger charge is -2.28. The second-order valence-corrected chi connectivity index (χ2v) is 5.53. The molecule has 2 heterocycles. The van der Waals surface area contributed by atoms with Crippen molar-refractivity contribution in [2.75, 3.05) is 13.7 Å². The first-order valence-corrected chi connectivity index (χ1v) is 7.23. The minimum Gasteiger partial charge on any atom is -0.508 e. The predicted molar refractivity (Wildman–Crippen MR) is 82.1 cm³/mol. The van der Waals surface area contributed by atoms with Crippen molar-refractivity contribution in [3.63, 3.8) is 0 Å². The quantitative estimate of drug-likeness (QED) is 0.895. The number of methoxy groups -OCH3 is 1. The average Bonchev–Trinajstić information content (AvgIpc) is 2.49. The van der Waals surface area contributed by atoms with Gasteiger partial charge in [-0.3, -0.25) is 9.69 Å². The molecule has 1 aliphatic heterocycles. The van der Waals surface area contributed by atoms with E-state index in [1.807, 2.05) is 6.07 Å². The second kappa shape index (κ2) is 5.81. The normalized spacial score (nSPS) is 14.6. The number of H-pyrrole nitrogens is 1. The Morgan fingerprint density at radius 1 is 1.45 bits per heavy atom. The Morgan fingerprint density at radius 2 is 2.27 bits per heavy atom. The molecule has 3 rings (SSSR count). The van der Waals surface area contributed by atoms with Crippen LogP contribution in [0.15, 0.2) is 23.0 Å². The van der Waals surface area contributed by atoms with Gasteiger partial charge in [0.2, 0.25) is 0 Å². The Bertz CT molecular complexity index is 755. The van der Waals surface area contributed by atoms with Gasteiger partial charge in [0.15, 0.2) is 0 Å². The van der Waals surface area contributed by atoms with Gasteiger partial charge in [-0.25, -0.2) is 4.98 Å². The van der Waals surface area contributed by atoms with E-state index in [4.69, 9.17) is 4.74 Å². The molecule has 116 valence electrons. The molecule has 1 aliphatic rings. The van der Waals surface area contributed by atoms with Gasteiger partial charge in [-0.2, -0.15) is 0 Å². The van der Waals surface area contributed by atoms with Gasteiger partial charge in [0.25, 0.3) is 5.56 Å². The molecule has 0 aliphatic carbocycles. The van der Waals surface area contributed by atoms with Crippen molar-refractivity contribution in [3.05, 3.63) is 51.2 Å². The zero-order valence-electron chi connectivity index (χ0n) is 12.7. The minimum absolute atomic E-state index is 0.0510. The maximum Gasteiger partial charge on any atom is 0.255 e. The van der Waals surface area contributed by atoms with Gasteiger partial charge in [-0.05, 0) is 13.0 Å². The highest BCUT2D eigenvalue weighted by Crippen LogP contribution is 2.26. The number of hydrogen-bond acceptors (Lipinski definition) is 5. The molecular formula is C16H19N3O3. The van der Waals surface area contributed by atoms with Crippen molar-refractivity contribution in [2.24, 2.45) is 0 Å². The summed E-state index contributed by atoms with van der Waals surface area (Å²) >= 11 is 0. The van der Waals surface area contributed by atoms with Gasteiger partial charge in [0, 0.05) is 37.7 Å². The number of phenols is 1. The number of aromatic nitrogens is 2. The Hall–Kier alpha value is -2.34. The van der Waals surface area contributed by atoms with Crippen molar-refractivity contribution in [3.8, 4) is 11.5 Å². The van der Waals surface area contributed by atoms with E-state index in [0.717, 1.165) is 29.8 Å². The van der Waals surface area contributed by atoms with Gasteiger partial charge in [-0.15, -0.1) is 0 Å². The van der Waals surface area contributed by atoms with E-state index in [1.165, 1.54) is 0 Å². The highest BCUT2D eigenvalue weighted by atomic mass is 16.5. The first-order valence-electron chi connectivity index (χ1n) is 7.23. The van der Waals surface area contributed by atoms with E-state index in [1.54, 1.807) is 26.2 Å². The average molecular weight is 301 g/mol. The molecule has 1 aromatic carbocycles. The number of fused-ring (bicyclic) bond motifs is 1. The number of ether oxygens (including phenoxy) is 1. The van der Waals surface area contributed by atoms with Crippen LogP contribution in [0, 0.1) is 6.92 Å². The third-order valence-electron chi connectivity index (χ3n) is 3.93. The van der Waals surface area contributed by atoms with Gasteiger partial charge in [0.05, 0.1) is 18.4 Å². The summed E-state index contributed by atoms with van der Waals surface area (Å²) in [5, 5.41) is 9.52. The van der Waals surface area contributed by atoms with Gasteiger partial charge in [0.1, 0.15) is 17.3 Å². The summed E-state index contributed by atoms with van der Waals surface area (Å²) in [4.78, 5) is 21.4. The predicted octanol–water partition coefficient (Wildman–Crippen LogP) is 1.35. The molecule has 1 aromatic heterocycles. The first-order chi connectivity index (χ1) is 10.6. The third kappa shape index (κ3) is 2.82. The molecule has 0 radical (unpaired) electrons. The van der Waals surface area contributed by atoms with Crippen molar-refractivity contribution < 1.29 is 9.84 Å². The highest BCUT2D eigenvalue weighted by Gasteiger charge is 2.21. The number of phenolic OH excluding ortho intramolecular Hbond substituents is 1. The summed E-state index contributed by atoms with van der Waals surface area (Å²) in [5.74, 6) is 1.50. The zero-order chi connectivity index (χ0) is 15.7. The number of benzene rings is 1. The summed E-state index contributed by atoms with van der Waals surface area (Å²) < 4.78 is 5.31. The molecule has 0 bridgehead atoms. The summed E-state index contributed by atoms with van der Waals surface area (Å²) in [6, 6.07) is 5.10. The van der Waals surface area contributed by atoms with Crippen LogP contribution in [-0.4, -0.2) is 33.6 Å². The van der Waals surface area contributed by atoms with Gasteiger partial charge < -0.3 is 14.8 Å². The van der Waals surface area contributed by atoms with Crippen molar-refractivity contribution in [2.45, 2.75) is 26.4 Å². The fourth-order valence-electron chi connectivity index (χ4n) is 2.84. The van der Waals surface area contributed by atoms with Crippen LogP contribution in [0.2, 0.25) is 0 Å². The Morgan fingerprint density at radius 3 is 3.05 bits per heavy atom. The van der Waals surface area contributed by atoms with Crippen molar-refractivity contribution in [1.29, 1.82) is 0 Å². The van der Waals surface area contributed by atoms with Crippen LogP contribution >= 0.6 is 0 Å². The molecule has 0 spiro atoms. The molecule has 0 saturated heterocycles. The van der Waals surface area contributed by atoms with Crippen LogP contribution in [-0.2, 0) is 19.5 Å². The third-order valence-corrected chi connectivity index (χ3v) is 3.93. The molecule has 0 amide bonds. The van der Waals surface area contributed by atoms with Crippen LogP contribution in [0.3, 0.4) is 0 Å². The molecule has 2 N–H and O–H groups in total. The maximum absolute atomic E-state index is 12.1. The number of aromatic amines is 1. The Labute approximate surface area is 128 Å². The molecule has 6 heteroatoms. The van der Waals surface area contributed by atoms with Gasteiger partial charge in [-0.1, -0.05) is 6.07 Å². The molecule has 0 unspecified atom stereocenters. The molecule has 0 saturated carbocycles. The highest BCUT2D eigenvalue weighted by molar-refractivity contribution is 5.40. The van der Waals surface area contributed by atoms with E-state index >= 15 is 0 Å². The van der Waals surface area contributed by atoms with Crippen molar-refractivity contribution in [1.82, 2.24) is 14.9 Å². The molecule has 6 nitrogen and oxygen atoms in total. The van der Waals surface area contributed by atoms with Crippen molar-refractivity contribution >= 4 is 0 Å². The number of nitrogens with zero attached hydrogens (tertiary/aromatic N) is 2. The van der Waals surface area contributed by atoms with E-state index in [0.29, 0.717) is 24.7 Å². The lowest BCUT2D eigenvalue weighted by molar-refractivity contribution is 0.237. The van der Waals surface area contributed by atoms with Crippen LogP contribution in [0.1, 0.15) is 22.6 Å². The number of nitrogens with one attached hydrogen (secondary N) is 1. The molecule has 0 fully saturated rings. The molecular weight excluding hydrogens is 282 g/mol. The number of rotatable bonds is 3. The zero-order valence-corrected chi connectivity index (χ0v) is 12.7. The molecule has 22 heavy (non-hydrogen) atoms. The minimum atomic E-state index is -0.0510. The van der Waals surface area contributed by atoms with Gasteiger partial charge >= 0.3 is 0 Å². The van der Waals surface area contributed by atoms with Crippen LogP contribution in [0.5, 0.6) is 11.5 Å². The molecule has 2 aromatic rings. The smallest absolute Gasteiger partial charge is 0.255 e. The van der Waals surface area contributed by atoms with E-state index in [9.17, 15) is 9.90 Å². The van der Waals surface area contributed by atoms with E-state index < -0.39 is 0 Å². The topological polar surface area (TPSA) is 78.5 Å². The van der Waals surface area contributed by atoms with E-state index in [2.05, 4.69) is 14.9 Å². The molecule has 0 atom stereocenters. The number of aromatic hydroxyl groups is 1. The standard InChI is InChI=1S/C16H19N3O3/c1-10-17-14-5-6-19(9-13(14)16(21)18-10)8-11-3-4-12(20)7-15(11)22-2/h3-4,7,20H,5-6,8-9H2,1-2H3,(H,17,18,21). The summed E-state index contributed by atoms with van der Waals surface area (Å²) in [6.45, 7) is 3.88. The van der Waals surface area contributed by atoms with Crippen LogP contribution in [0.25, 0.3) is 0 Å². The lowest BCUT2D eigenvalue weighted by Crippen LogP contribution is -2.35. The number of aryl methyl sites for hydroxylation is 1. The van der Waals surface area contributed by atoms with Crippen LogP contribution < -0.4 is 10.3 Å². The summed E-state index contributed by atoms with van der Waals surface area (Å²) in [6.07, 6.45) is 0.764. The SMILES string of the molecule is COc1cc(O)ccc1CN1CCc2nc(C)[nH]c(=O)c2C1. The van der Waals surface area contributed by atoms with E-state index in [-0.39, 0.29) is 11.3 Å². The largest absolute Gasteiger partial charge is 0.508 e. The first kappa shape index (κ1) is 14.6.